The maximum atomic E-state index is 12.5. The Morgan fingerprint density at radius 2 is 1.59 bits per heavy atom. The molecule has 0 bridgehead atoms. The number of nitrogens with one attached hydrogen (secondary N) is 2. The first-order valence-corrected chi connectivity index (χ1v) is 7.97. The van der Waals surface area contributed by atoms with Crippen molar-refractivity contribution in [2.24, 2.45) is 11.7 Å². The van der Waals surface area contributed by atoms with Gasteiger partial charge in [-0.15, -0.1) is 0 Å². The highest BCUT2D eigenvalue weighted by atomic mass is 16.5. The minimum atomic E-state index is -1.06. The summed E-state index contributed by atoms with van der Waals surface area (Å²) in [5.74, 6) is -1.76. The van der Waals surface area contributed by atoms with Crippen molar-refractivity contribution in [3.63, 3.8) is 0 Å². The molecule has 0 saturated carbocycles. The number of urea groups is 1. The summed E-state index contributed by atoms with van der Waals surface area (Å²) in [6.07, 6.45) is 0. The molecule has 0 heterocycles. The van der Waals surface area contributed by atoms with Crippen LogP contribution in [0, 0.1) is 5.92 Å². The van der Waals surface area contributed by atoms with Crippen molar-refractivity contribution < 1.29 is 33.4 Å². The number of methoxy groups -OCH3 is 2. The fourth-order valence-electron chi connectivity index (χ4n) is 2.06. The smallest absolute Gasteiger partial charge is 0.329 e. The normalized spacial score (nSPS) is 11.3. The Morgan fingerprint density at radius 3 is 2.04 bits per heavy atom. The van der Waals surface area contributed by atoms with Crippen LogP contribution >= 0.6 is 0 Å². The molecular weight excluding hydrogens is 358 g/mol. The zero-order valence-corrected chi connectivity index (χ0v) is 15.5. The number of esters is 1. The molecule has 148 valence electrons. The minimum Gasteiger partial charge on any atom is -0.497 e. The summed E-state index contributed by atoms with van der Waals surface area (Å²) in [5, 5.41) is 4.32. The van der Waals surface area contributed by atoms with Crippen LogP contribution in [-0.2, 0) is 14.3 Å². The van der Waals surface area contributed by atoms with E-state index in [4.69, 9.17) is 19.9 Å². The second-order valence-electron chi connectivity index (χ2n) is 5.82. The van der Waals surface area contributed by atoms with Gasteiger partial charge in [-0.2, -0.15) is 0 Å². The summed E-state index contributed by atoms with van der Waals surface area (Å²) >= 11 is 0. The third-order valence-electron chi connectivity index (χ3n) is 3.43. The highest BCUT2D eigenvalue weighted by Gasteiger charge is 2.27. The van der Waals surface area contributed by atoms with E-state index in [0.29, 0.717) is 11.5 Å². The van der Waals surface area contributed by atoms with Gasteiger partial charge in [-0.1, -0.05) is 13.8 Å². The monoisotopic (exact) mass is 381 g/mol. The molecule has 1 aromatic carbocycles. The molecule has 27 heavy (non-hydrogen) atoms. The highest BCUT2D eigenvalue weighted by molar-refractivity contribution is 5.98. The van der Waals surface area contributed by atoms with Crippen molar-refractivity contribution >= 4 is 23.8 Å². The first kappa shape index (κ1) is 21.7. The SMILES string of the molecule is COc1cc(OC)cc(C(=O)N[C@H](C(=O)OCC(=O)NC(N)=O)C(C)C)c1. The Balaban J connectivity index is 2.84. The average molecular weight is 381 g/mol. The second kappa shape index (κ2) is 10.00. The number of hydrogen-bond acceptors (Lipinski definition) is 7. The lowest BCUT2D eigenvalue weighted by atomic mass is 10.0. The number of primary amides is 1. The summed E-state index contributed by atoms with van der Waals surface area (Å²) < 4.78 is 15.1. The summed E-state index contributed by atoms with van der Waals surface area (Å²) in [6.45, 7) is 2.69. The molecule has 1 aromatic rings. The van der Waals surface area contributed by atoms with Gasteiger partial charge in [-0.3, -0.25) is 14.9 Å². The summed E-state index contributed by atoms with van der Waals surface area (Å²) in [4.78, 5) is 46.6. The lowest BCUT2D eigenvalue weighted by molar-refractivity contribution is -0.151. The Morgan fingerprint density at radius 1 is 1.04 bits per heavy atom. The molecule has 0 saturated heterocycles. The van der Waals surface area contributed by atoms with Gasteiger partial charge in [0.1, 0.15) is 17.5 Å². The molecule has 0 spiro atoms. The molecule has 0 aromatic heterocycles. The quantitative estimate of drug-likeness (QED) is 0.545. The van der Waals surface area contributed by atoms with E-state index < -0.39 is 36.5 Å². The number of rotatable bonds is 8. The Hall–Kier alpha value is -3.30. The maximum absolute atomic E-state index is 12.5. The molecule has 1 rings (SSSR count). The fourth-order valence-corrected chi connectivity index (χ4v) is 2.06. The van der Waals surface area contributed by atoms with Crippen molar-refractivity contribution in [1.82, 2.24) is 10.6 Å². The molecule has 0 unspecified atom stereocenters. The lowest BCUT2D eigenvalue weighted by Crippen LogP contribution is -2.46. The summed E-state index contributed by atoms with van der Waals surface area (Å²) in [6, 6.07) is 2.50. The summed E-state index contributed by atoms with van der Waals surface area (Å²) in [5.41, 5.74) is 5.02. The zero-order valence-electron chi connectivity index (χ0n) is 15.5. The van der Waals surface area contributed by atoms with Gasteiger partial charge in [0.05, 0.1) is 14.2 Å². The zero-order chi connectivity index (χ0) is 20.6. The fraction of sp³-hybridized carbons (Fsp3) is 0.412. The van der Waals surface area contributed by atoms with Gasteiger partial charge in [0.15, 0.2) is 6.61 Å². The molecule has 4 amide bonds. The number of benzene rings is 1. The Labute approximate surface area is 156 Å². The van der Waals surface area contributed by atoms with E-state index in [-0.39, 0.29) is 11.5 Å². The van der Waals surface area contributed by atoms with E-state index in [9.17, 15) is 19.2 Å². The van der Waals surface area contributed by atoms with Crippen LogP contribution in [0.5, 0.6) is 11.5 Å². The Bertz CT molecular complexity index is 696. The molecule has 0 aliphatic rings. The van der Waals surface area contributed by atoms with Crippen LogP contribution in [0.25, 0.3) is 0 Å². The van der Waals surface area contributed by atoms with Gasteiger partial charge >= 0.3 is 12.0 Å². The van der Waals surface area contributed by atoms with Crippen molar-refractivity contribution in [1.29, 1.82) is 0 Å². The highest BCUT2D eigenvalue weighted by Crippen LogP contribution is 2.22. The maximum Gasteiger partial charge on any atom is 0.329 e. The van der Waals surface area contributed by atoms with E-state index in [0.717, 1.165) is 0 Å². The molecule has 10 nitrogen and oxygen atoms in total. The van der Waals surface area contributed by atoms with Crippen LogP contribution in [0.2, 0.25) is 0 Å². The molecule has 0 aliphatic heterocycles. The van der Waals surface area contributed by atoms with Gasteiger partial charge in [-0.25, -0.2) is 9.59 Å². The second-order valence-corrected chi connectivity index (χ2v) is 5.82. The van der Waals surface area contributed by atoms with E-state index in [1.807, 2.05) is 0 Å². The average Bonchev–Trinajstić information content (AvgIpc) is 2.62. The molecule has 0 aliphatic carbocycles. The van der Waals surface area contributed by atoms with Crippen molar-refractivity contribution in [3.8, 4) is 11.5 Å². The molecule has 10 heteroatoms. The van der Waals surface area contributed by atoms with Crippen LogP contribution in [0.4, 0.5) is 4.79 Å². The van der Waals surface area contributed by atoms with Crippen LogP contribution in [-0.4, -0.2) is 50.7 Å². The molecular formula is C17H23N3O7. The van der Waals surface area contributed by atoms with Crippen LogP contribution in [0.15, 0.2) is 18.2 Å². The largest absolute Gasteiger partial charge is 0.497 e. The number of carbonyl (C=O) groups is 4. The third kappa shape index (κ3) is 6.84. The summed E-state index contributed by atoms with van der Waals surface area (Å²) in [7, 11) is 2.89. The molecule has 1 atom stereocenters. The first-order valence-electron chi connectivity index (χ1n) is 7.97. The van der Waals surface area contributed by atoms with E-state index in [2.05, 4.69) is 5.32 Å². The first-order chi connectivity index (χ1) is 12.7. The topological polar surface area (TPSA) is 146 Å². The number of amides is 4. The number of imide groups is 1. The van der Waals surface area contributed by atoms with Crippen molar-refractivity contribution in [3.05, 3.63) is 23.8 Å². The van der Waals surface area contributed by atoms with E-state index >= 15 is 0 Å². The number of hydrogen-bond donors (Lipinski definition) is 3. The number of nitrogens with two attached hydrogens (primary N) is 1. The Kier molecular flexibility index (Phi) is 8.05. The van der Waals surface area contributed by atoms with Gasteiger partial charge in [0.25, 0.3) is 11.8 Å². The van der Waals surface area contributed by atoms with Gasteiger partial charge < -0.3 is 25.3 Å². The molecule has 0 radical (unpaired) electrons. The predicted octanol–water partition coefficient (Wildman–Crippen LogP) is 0.196. The van der Waals surface area contributed by atoms with E-state index in [1.54, 1.807) is 25.2 Å². The molecule has 0 fully saturated rings. The van der Waals surface area contributed by atoms with Crippen LogP contribution in [0.1, 0.15) is 24.2 Å². The molecule has 4 N–H and O–H groups in total. The standard InChI is InChI=1S/C17H23N3O7/c1-9(2)14(16(23)27-8-13(21)19-17(18)24)20-15(22)10-5-11(25-3)7-12(6-10)26-4/h5-7,9,14H,8H2,1-4H3,(H,20,22)(H3,18,19,21,24)/t14-/m0/s1. The van der Waals surface area contributed by atoms with Crippen molar-refractivity contribution in [2.75, 3.05) is 20.8 Å². The van der Waals surface area contributed by atoms with Gasteiger partial charge in [0.2, 0.25) is 0 Å². The van der Waals surface area contributed by atoms with Gasteiger partial charge in [0, 0.05) is 11.6 Å². The van der Waals surface area contributed by atoms with E-state index in [1.165, 1.54) is 26.4 Å². The van der Waals surface area contributed by atoms with Crippen LogP contribution < -0.4 is 25.8 Å². The lowest BCUT2D eigenvalue weighted by Gasteiger charge is -2.21. The van der Waals surface area contributed by atoms with Gasteiger partial charge in [-0.05, 0) is 18.1 Å². The number of carbonyl (C=O) groups excluding carboxylic acids is 4. The predicted molar refractivity (Wildman–Crippen MR) is 94.3 cm³/mol. The third-order valence-corrected chi connectivity index (χ3v) is 3.43. The minimum absolute atomic E-state index is 0.219. The number of ether oxygens (including phenoxy) is 3. The van der Waals surface area contributed by atoms with Crippen LogP contribution in [0.3, 0.4) is 0 Å². The van der Waals surface area contributed by atoms with Crippen molar-refractivity contribution in [2.45, 2.75) is 19.9 Å².